The smallest absolute Gasteiger partial charge is 0.258 e. The summed E-state index contributed by atoms with van der Waals surface area (Å²) in [7, 11) is 0. The van der Waals surface area contributed by atoms with Crippen molar-refractivity contribution in [3.63, 3.8) is 0 Å². The molecule has 2 aromatic carbocycles. The minimum atomic E-state index is -0.796. The summed E-state index contributed by atoms with van der Waals surface area (Å²) < 4.78 is 45.9. The van der Waals surface area contributed by atoms with E-state index in [4.69, 9.17) is 9.97 Å². The number of halogens is 3. The monoisotopic (exact) mass is 735 g/mol. The van der Waals surface area contributed by atoms with E-state index in [1.807, 2.05) is 41.4 Å². The molecule has 0 spiro atoms. The van der Waals surface area contributed by atoms with Crippen LogP contribution in [0, 0.1) is 17.5 Å². The Balaban J connectivity index is 0.877. The number of piperidine rings is 1. The maximum atomic E-state index is 15.3. The SMILES string of the molecule is O=C1CCC(N2Cc3cc(CN4CCN(c5cccc(-c6cnn7ccc(N8CCCC8c8cc(F)ccc8F)nc67)n5)CC4)cc(F)c3C2=O)C(=O)N1. The quantitative estimate of drug-likeness (QED) is 0.239. The van der Waals surface area contributed by atoms with Gasteiger partial charge in [-0.05, 0) is 72.9 Å². The molecule has 1 N–H and O–H groups in total. The second-order valence-corrected chi connectivity index (χ2v) is 14.3. The molecule has 12 nitrogen and oxygen atoms in total. The minimum absolute atomic E-state index is 0.00338. The van der Waals surface area contributed by atoms with Crippen molar-refractivity contribution in [2.24, 2.45) is 0 Å². The number of piperazine rings is 1. The predicted molar refractivity (Wildman–Crippen MR) is 192 cm³/mol. The van der Waals surface area contributed by atoms with Gasteiger partial charge in [0.2, 0.25) is 11.8 Å². The number of rotatable bonds is 7. The van der Waals surface area contributed by atoms with Crippen molar-refractivity contribution in [2.45, 2.75) is 50.9 Å². The summed E-state index contributed by atoms with van der Waals surface area (Å²) in [4.78, 5) is 54.9. The number of aromatic nitrogens is 4. The molecule has 3 fully saturated rings. The Labute approximate surface area is 308 Å². The maximum Gasteiger partial charge on any atom is 0.258 e. The van der Waals surface area contributed by atoms with Gasteiger partial charge in [0.25, 0.3) is 5.91 Å². The highest BCUT2D eigenvalue weighted by molar-refractivity contribution is 6.05. The highest BCUT2D eigenvalue weighted by atomic mass is 19.1. The molecule has 0 bridgehead atoms. The van der Waals surface area contributed by atoms with E-state index in [2.05, 4.69) is 20.2 Å². The van der Waals surface area contributed by atoms with Crippen LogP contribution in [0.1, 0.15) is 58.8 Å². The zero-order valence-electron chi connectivity index (χ0n) is 29.2. The van der Waals surface area contributed by atoms with Gasteiger partial charge in [-0.25, -0.2) is 27.7 Å². The number of nitrogens with one attached hydrogen (secondary N) is 1. The zero-order chi connectivity index (χ0) is 37.1. The van der Waals surface area contributed by atoms with Gasteiger partial charge in [-0.15, -0.1) is 0 Å². The van der Waals surface area contributed by atoms with E-state index in [-0.39, 0.29) is 36.9 Å². The Morgan fingerprint density at radius 1 is 0.815 bits per heavy atom. The normalized spacial score (nSPS) is 20.6. The van der Waals surface area contributed by atoms with Crippen LogP contribution in [0.15, 0.2) is 67.0 Å². The standard InChI is InChI=1S/C39H36F3N9O3/c40-25-6-7-28(41)26(19-25)31-4-2-11-49(31)34-10-12-51-37(45-34)27(20-43-51)30-3-1-5-33(44-30)48-15-13-47(14-16-48)21-23-17-24-22-50(39(54)36(24)29(42)18-23)32-8-9-35(52)46-38(32)53/h1,3,5-7,10,12,17-20,31-32H,2,4,8-9,11,13-16,21-22H2,(H,46,52,53). The average Bonchev–Trinajstić information content (AvgIpc) is 3.90. The molecular weight excluding hydrogens is 699 g/mol. The number of carbonyl (C=O) groups excluding carboxylic acids is 3. The van der Waals surface area contributed by atoms with E-state index >= 15 is 4.39 Å². The molecule has 3 saturated heterocycles. The number of carbonyl (C=O) groups is 3. The molecule has 4 aliphatic heterocycles. The van der Waals surface area contributed by atoms with Gasteiger partial charge in [0.15, 0.2) is 5.65 Å². The summed E-state index contributed by atoms with van der Waals surface area (Å²) in [5.41, 5.74) is 3.68. The lowest BCUT2D eigenvalue weighted by atomic mass is 10.0. The lowest BCUT2D eigenvalue weighted by Gasteiger charge is -2.35. The van der Waals surface area contributed by atoms with Crippen molar-refractivity contribution in [1.29, 1.82) is 0 Å². The topological polar surface area (TPSA) is 119 Å². The molecule has 4 aliphatic rings. The molecule has 7 heterocycles. The number of imide groups is 1. The van der Waals surface area contributed by atoms with Crippen LogP contribution in [-0.4, -0.2) is 85.9 Å². The number of amides is 3. The van der Waals surface area contributed by atoms with Crippen LogP contribution in [0.2, 0.25) is 0 Å². The molecule has 2 atom stereocenters. The summed E-state index contributed by atoms with van der Waals surface area (Å²) in [5, 5.41) is 6.79. The van der Waals surface area contributed by atoms with E-state index in [9.17, 15) is 23.2 Å². The van der Waals surface area contributed by atoms with Crippen molar-refractivity contribution in [3.8, 4) is 11.3 Å². The highest BCUT2D eigenvalue weighted by Crippen LogP contribution is 2.38. The first-order chi connectivity index (χ1) is 26.2. The predicted octanol–water partition coefficient (Wildman–Crippen LogP) is 4.63. The van der Waals surface area contributed by atoms with Gasteiger partial charge < -0.3 is 14.7 Å². The second-order valence-electron chi connectivity index (χ2n) is 14.3. The molecule has 15 heteroatoms. The van der Waals surface area contributed by atoms with Crippen molar-refractivity contribution < 1.29 is 27.6 Å². The highest BCUT2D eigenvalue weighted by Gasteiger charge is 2.41. The van der Waals surface area contributed by atoms with Gasteiger partial charge in [-0.2, -0.15) is 5.10 Å². The van der Waals surface area contributed by atoms with Crippen LogP contribution in [0.4, 0.5) is 24.8 Å². The lowest BCUT2D eigenvalue weighted by molar-refractivity contribution is -0.136. The molecule has 0 saturated carbocycles. The van der Waals surface area contributed by atoms with E-state index in [1.54, 1.807) is 10.7 Å². The molecule has 2 unspecified atom stereocenters. The fraction of sp³-hybridized carbons (Fsp3) is 0.333. The van der Waals surface area contributed by atoms with E-state index in [0.29, 0.717) is 74.0 Å². The Hall–Kier alpha value is -5.83. The van der Waals surface area contributed by atoms with Gasteiger partial charge in [0.05, 0.1) is 29.1 Å². The molecule has 5 aromatic rings. The van der Waals surface area contributed by atoms with Gasteiger partial charge in [-0.3, -0.25) is 24.6 Å². The third kappa shape index (κ3) is 6.11. The number of pyridine rings is 1. The molecular formula is C39H36F3N9O3. The third-order valence-corrected chi connectivity index (χ3v) is 11.0. The second kappa shape index (κ2) is 13.5. The zero-order valence-corrected chi connectivity index (χ0v) is 29.2. The van der Waals surface area contributed by atoms with Gasteiger partial charge >= 0.3 is 0 Å². The first-order valence-electron chi connectivity index (χ1n) is 18.2. The molecule has 3 aromatic heterocycles. The summed E-state index contributed by atoms with van der Waals surface area (Å²) >= 11 is 0. The van der Waals surface area contributed by atoms with Crippen molar-refractivity contribution in [1.82, 2.24) is 34.7 Å². The van der Waals surface area contributed by atoms with Crippen LogP contribution in [0.3, 0.4) is 0 Å². The molecule has 54 heavy (non-hydrogen) atoms. The van der Waals surface area contributed by atoms with Gasteiger partial charge in [-0.1, -0.05) is 12.1 Å². The Morgan fingerprint density at radius 3 is 2.50 bits per heavy atom. The number of hydrogen-bond donors (Lipinski definition) is 1. The largest absolute Gasteiger partial charge is 0.354 e. The van der Waals surface area contributed by atoms with Crippen molar-refractivity contribution in [2.75, 3.05) is 42.5 Å². The van der Waals surface area contributed by atoms with E-state index < -0.39 is 35.3 Å². The van der Waals surface area contributed by atoms with Crippen LogP contribution in [0.25, 0.3) is 16.9 Å². The molecule has 0 aliphatic carbocycles. The summed E-state index contributed by atoms with van der Waals surface area (Å²) in [6.45, 7) is 4.08. The molecule has 3 amide bonds. The Morgan fingerprint density at radius 2 is 1.67 bits per heavy atom. The van der Waals surface area contributed by atoms with Crippen molar-refractivity contribution in [3.05, 3.63) is 107 Å². The average molecular weight is 736 g/mol. The fourth-order valence-corrected chi connectivity index (χ4v) is 8.29. The van der Waals surface area contributed by atoms with Gasteiger partial charge in [0.1, 0.15) is 35.1 Å². The first-order valence-corrected chi connectivity index (χ1v) is 18.2. The van der Waals surface area contributed by atoms with Crippen LogP contribution in [-0.2, 0) is 22.7 Å². The first kappa shape index (κ1) is 34.0. The number of nitrogens with zero attached hydrogens (tertiary/aromatic N) is 8. The lowest BCUT2D eigenvalue weighted by Crippen LogP contribution is -2.52. The fourth-order valence-electron chi connectivity index (χ4n) is 8.29. The maximum absolute atomic E-state index is 15.3. The van der Waals surface area contributed by atoms with Gasteiger partial charge in [0, 0.05) is 64.0 Å². The number of hydrogen-bond acceptors (Lipinski definition) is 9. The molecule has 0 radical (unpaired) electrons. The third-order valence-electron chi connectivity index (χ3n) is 11.0. The van der Waals surface area contributed by atoms with Crippen LogP contribution in [0.5, 0.6) is 0 Å². The van der Waals surface area contributed by atoms with E-state index in [1.165, 1.54) is 23.1 Å². The summed E-state index contributed by atoms with van der Waals surface area (Å²) in [6.07, 6.45) is 5.43. The number of fused-ring (bicyclic) bond motifs is 2. The Bertz CT molecular complexity index is 2330. The summed E-state index contributed by atoms with van der Waals surface area (Å²) in [5.74, 6) is -1.46. The molecule has 276 valence electrons. The van der Waals surface area contributed by atoms with Crippen LogP contribution < -0.4 is 15.1 Å². The Kier molecular flexibility index (Phi) is 8.52. The summed E-state index contributed by atoms with van der Waals surface area (Å²) in [6, 6.07) is 13.4. The van der Waals surface area contributed by atoms with Crippen molar-refractivity contribution >= 4 is 35.0 Å². The van der Waals surface area contributed by atoms with Crippen LogP contribution >= 0.6 is 0 Å². The number of anilines is 2. The van der Waals surface area contributed by atoms with E-state index in [0.717, 1.165) is 29.4 Å². The number of benzene rings is 2. The minimum Gasteiger partial charge on any atom is -0.354 e. The molecule has 9 rings (SSSR count).